The highest BCUT2D eigenvalue weighted by molar-refractivity contribution is 9.10. The predicted molar refractivity (Wildman–Crippen MR) is 152 cm³/mol. The minimum Gasteiger partial charge on any atom is -0.495 e. The van der Waals surface area contributed by atoms with Crippen LogP contribution >= 0.6 is 15.9 Å². The van der Waals surface area contributed by atoms with Gasteiger partial charge >= 0.3 is 0 Å². The van der Waals surface area contributed by atoms with Crippen LogP contribution < -0.4 is 14.4 Å². The summed E-state index contributed by atoms with van der Waals surface area (Å²) in [4.78, 5) is 28.1. The monoisotopic (exact) mass is 601 g/mol. The molecule has 10 heteroatoms. The number of sulfonamides is 1. The van der Waals surface area contributed by atoms with Crippen LogP contribution in [0.3, 0.4) is 0 Å². The molecule has 0 aromatic heterocycles. The van der Waals surface area contributed by atoms with Crippen molar-refractivity contribution >= 4 is 43.5 Å². The van der Waals surface area contributed by atoms with Gasteiger partial charge in [0.2, 0.25) is 11.8 Å². The topological polar surface area (TPSA) is 96.0 Å². The molecule has 0 bridgehead atoms. The Hall–Kier alpha value is -3.37. The number of anilines is 1. The van der Waals surface area contributed by atoms with Crippen molar-refractivity contribution in [2.45, 2.75) is 38.3 Å². The Morgan fingerprint density at radius 2 is 1.71 bits per heavy atom. The smallest absolute Gasteiger partial charge is 0.264 e. The van der Waals surface area contributed by atoms with Gasteiger partial charge in [0.05, 0.1) is 17.7 Å². The highest BCUT2D eigenvalue weighted by Crippen LogP contribution is 2.32. The first-order valence-corrected chi connectivity index (χ1v) is 14.4. The van der Waals surface area contributed by atoms with E-state index in [0.29, 0.717) is 12.3 Å². The lowest BCUT2D eigenvalue weighted by Crippen LogP contribution is -2.51. The van der Waals surface area contributed by atoms with Gasteiger partial charge in [0, 0.05) is 17.6 Å². The van der Waals surface area contributed by atoms with E-state index in [9.17, 15) is 18.0 Å². The van der Waals surface area contributed by atoms with Crippen molar-refractivity contribution in [2.75, 3.05) is 24.5 Å². The summed E-state index contributed by atoms with van der Waals surface area (Å²) >= 11 is 3.44. The number of carbonyl (C=O) groups is 2. The van der Waals surface area contributed by atoms with Crippen molar-refractivity contribution in [2.24, 2.45) is 0 Å². The molecule has 3 rings (SSSR count). The number of hydrogen-bond donors (Lipinski definition) is 1. The van der Waals surface area contributed by atoms with Crippen LogP contribution in [-0.4, -0.2) is 51.4 Å². The zero-order valence-corrected chi connectivity index (χ0v) is 24.3. The van der Waals surface area contributed by atoms with Crippen molar-refractivity contribution in [3.05, 3.63) is 88.4 Å². The second kappa shape index (κ2) is 12.9. The summed E-state index contributed by atoms with van der Waals surface area (Å²) in [5.41, 5.74) is 1.91. The van der Waals surface area contributed by atoms with Gasteiger partial charge < -0.3 is 15.0 Å². The van der Waals surface area contributed by atoms with Crippen molar-refractivity contribution in [3.8, 4) is 5.75 Å². The van der Waals surface area contributed by atoms with E-state index < -0.39 is 28.5 Å². The standard InChI is InChI=1S/C28H32BrN3O5S/c1-5-30-28(34)21(3)31(18-22-9-8-10-23(29)17-22)27(33)19-32(25-11-6-7-12-26(25)37-4)38(35,36)24-15-13-20(2)14-16-24/h6-17,21H,5,18-19H2,1-4H3,(H,30,34)/t21-/m0/s1. The second-order valence-electron chi connectivity index (χ2n) is 8.72. The van der Waals surface area contributed by atoms with Gasteiger partial charge in [0.25, 0.3) is 10.0 Å². The van der Waals surface area contributed by atoms with E-state index in [2.05, 4.69) is 21.2 Å². The van der Waals surface area contributed by atoms with E-state index in [1.165, 1.54) is 24.1 Å². The van der Waals surface area contributed by atoms with Gasteiger partial charge in [-0.2, -0.15) is 0 Å². The summed E-state index contributed by atoms with van der Waals surface area (Å²) in [6.45, 7) is 5.26. The zero-order chi connectivity index (χ0) is 27.9. The fraction of sp³-hybridized carbons (Fsp3) is 0.286. The van der Waals surface area contributed by atoms with Crippen LogP contribution in [0, 0.1) is 6.92 Å². The molecular formula is C28H32BrN3O5S. The molecule has 202 valence electrons. The van der Waals surface area contributed by atoms with Crippen LogP contribution in [0.15, 0.2) is 82.2 Å². The third-order valence-corrected chi connectivity index (χ3v) is 8.27. The first-order valence-electron chi connectivity index (χ1n) is 12.1. The average Bonchev–Trinajstić information content (AvgIpc) is 2.90. The maximum Gasteiger partial charge on any atom is 0.264 e. The Bertz CT molecular complexity index is 1380. The minimum absolute atomic E-state index is 0.0390. The number of amides is 2. The van der Waals surface area contributed by atoms with Crippen molar-refractivity contribution < 1.29 is 22.7 Å². The molecule has 38 heavy (non-hydrogen) atoms. The van der Waals surface area contributed by atoms with Crippen LogP contribution in [0.4, 0.5) is 5.69 Å². The largest absolute Gasteiger partial charge is 0.495 e. The number of halogens is 1. The van der Waals surface area contributed by atoms with E-state index in [-0.39, 0.29) is 23.0 Å². The summed E-state index contributed by atoms with van der Waals surface area (Å²) in [5.74, 6) is -0.572. The van der Waals surface area contributed by atoms with Gasteiger partial charge in [-0.05, 0) is 62.7 Å². The number of hydrogen-bond acceptors (Lipinski definition) is 5. The summed E-state index contributed by atoms with van der Waals surface area (Å²) in [7, 11) is -2.73. The number of likely N-dealkylation sites (N-methyl/N-ethyl adjacent to an activating group) is 1. The van der Waals surface area contributed by atoms with E-state index >= 15 is 0 Å². The fourth-order valence-electron chi connectivity index (χ4n) is 3.92. The summed E-state index contributed by atoms with van der Waals surface area (Å²) in [5, 5.41) is 2.75. The van der Waals surface area contributed by atoms with E-state index in [1.54, 1.807) is 50.2 Å². The Labute approximate surface area is 232 Å². The number of benzene rings is 3. The molecule has 1 atom stereocenters. The lowest BCUT2D eigenvalue weighted by Gasteiger charge is -2.32. The van der Waals surface area contributed by atoms with Crippen LogP contribution in [0.1, 0.15) is 25.0 Å². The van der Waals surface area contributed by atoms with Crippen molar-refractivity contribution in [3.63, 3.8) is 0 Å². The molecule has 0 spiro atoms. The lowest BCUT2D eigenvalue weighted by molar-refractivity contribution is -0.139. The molecule has 2 amide bonds. The molecule has 0 aliphatic carbocycles. The molecular weight excluding hydrogens is 570 g/mol. The number of para-hydroxylation sites is 2. The van der Waals surface area contributed by atoms with E-state index in [4.69, 9.17) is 4.74 Å². The van der Waals surface area contributed by atoms with Gasteiger partial charge in [0.1, 0.15) is 18.3 Å². The summed E-state index contributed by atoms with van der Waals surface area (Å²) in [6, 6.07) is 19.6. The summed E-state index contributed by atoms with van der Waals surface area (Å²) < 4.78 is 35.1. The molecule has 3 aromatic carbocycles. The van der Waals surface area contributed by atoms with E-state index in [1.807, 2.05) is 31.2 Å². The van der Waals surface area contributed by atoms with Gasteiger partial charge in [-0.3, -0.25) is 13.9 Å². The summed E-state index contributed by atoms with van der Waals surface area (Å²) in [6.07, 6.45) is 0. The molecule has 0 aliphatic rings. The number of aryl methyl sites for hydroxylation is 1. The molecule has 0 radical (unpaired) electrons. The second-order valence-corrected chi connectivity index (χ2v) is 11.5. The van der Waals surface area contributed by atoms with Gasteiger partial charge in [0.15, 0.2) is 0 Å². The Morgan fingerprint density at radius 3 is 2.34 bits per heavy atom. The molecule has 1 N–H and O–H groups in total. The molecule has 0 aliphatic heterocycles. The maximum atomic E-state index is 13.9. The van der Waals surface area contributed by atoms with Gasteiger partial charge in [-0.15, -0.1) is 0 Å². The number of nitrogens with one attached hydrogen (secondary N) is 1. The number of rotatable bonds is 11. The van der Waals surface area contributed by atoms with Crippen LogP contribution in [-0.2, 0) is 26.2 Å². The van der Waals surface area contributed by atoms with Gasteiger partial charge in [-0.1, -0.05) is 57.9 Å². The number of carbonyl (C=O) groups excluding carboxylic acids is 2. The molecule has 0 unspecified atom stereocenters. The lowest BCUT2D eigenvalue weighted by atomic mass is 10.1. The first-order chi connectivity index (χ1) is 18.1. The number of methoxy groups -OCH3 is 1. The van der Waals surface area contributed by atoms with E-state index in [0.717, 1.165) is 19.9 Å². The van der Waals surface area contributed by atoms with Crippen LogP contribution in [0.25, 0.3) is 0 Å². The maximum absolute atomic E-state index is 13.9. The number of ether oxygens (including phenoxy) is 1. The normalized spacial score (nSPS) is 11.9. The molecule has 0 fully saturated rings. The number of nitrogens with zero attached hydrogens (tertiary/aromatic N) is 2. The quantitative estimate of drug-likeness (QED) is 0.349. The van der Waals surface area contributed by atoms with Crippen molar-refractivity contribution in [1.82, 2.24) is 10.2 Å². The third kappa shape index (κ3) is 6.93. The molecule has 3 aromatic rings. The minimum atomic E-state index is -4.17. The zero-order valence-electron chi connectivity index (χ0n) is 21.8. The highest BCUT2D eigenvalue weighted by Gasteiger charge is 2.33. The average molecular weight is 603 g/mol. The van der Waals surface area contributed by atoms with Crippen LogP contribution in [0.2, 0.25) is 0 Å². The first kappa shape index (κ1) is 29.2. The highest BCUT2D eigenvalue weighted by atomic mass is 79.9. The molecule has 8 nitrogen and oxygen atoms in total. The third-order valence-electron chi connectivity index (χ3n) is 6.00. The fourth-order valence-corrected chi connectivity index (χ4v) is 5.79. The van der Waals surface area contributed by atoms with Crippen LogP contribution in [0.5, 0.6) is 5.75 Å². The molecule has 0 saturated carbocycles. The SMILES string of the molecule is CCNC(=O)[C@H](C)N(Cc1cccc(Br)c1)C(=O)CN(c1ccccc1OC)S(=O)(=O)c1ccc(C)cc1. The molecule has 0 heterocycles. The Morgan fingerprint density at radius 1 is 1.03 bits per heavy atom. The van der Waals surface area contributed by atoms with Gasteiger partial charge in [-0.25, -0.2) is 8.42 Å². The Balaban J connectivity index is 2.07. The van der Waals surface area contributed by atoms with Crippen molar-refractivity contribution in [1.29, 1.82) is 0 Å². The Kier molecular flexibility index (Phi) is 9.93. The molecule has 0 saturated heterocycles. The predicted octanol–water partition coefficient (Wildman–Crippen LogP) is 4.51.